The summed E-state index contributed by atoms with van der Waals surface area (Å²) in [4.78, 5) is 17.0. The Morgan fingerprint density at radius 2 is 2.00 bits per heavy atom. The van der Waals surface area contributed by atoms with Gasteiger partial charge < -0.3 is 15.2 Å². The average molecular weight is 458 g/mol. The third kappa shape index (κ3) is 5.58. The van der Waals surface area contributed by atoms with E-state index in [2.05, 4.69) is 27.8 Å². The van der Waals surface area contributed by atoms with Crippen LogP contribution in [0.2, 0.25) is 0 Å². The fourth-order valence-electron chi connectivity index (χ4n) is 4.18. The Hall–Kier alpha value is -2.65. The van der Waals surface area contributed by atoms with E-state index in [9.17, 15) is 13.2 Å². The van der Waals surface area contributed by atoms with Crippen LogP contribution in [0.25, 0.3) is 0 Å². The Morgan fingerprint density at radius 1 is 1.16 bits per heavy atom. The number of carbonyl (C=O) groups excluding carboxylic acids is 1. The molecule has 1 aliphatic heterocycles. The molecule has 172 valence electrons. The second-order valence-corrected chi connectivity index (χ2v) is 10.4. The van der Waals surface area contributed by atoms with E-state index in [1.807, 2.05) is 10.8 Å². The molecule has 2 aromatic rings. The van der Waals surface area contributed by atoms with Crippen molar-refractivity contribution in [1.82, 2.24) is 19.2 Å². The fraction of sp³-hybridized carbons (Fsp3) is 0.478. The fourth-order valence-corrected chi connectivity index (χ4v) is 5.77. The first-order valence-corrected chi connectivity index (χ1v) is 12.7. The van der Waals surface area contributed by atoms with Gasteiger partial charge in [0.25, 0.3) is 5.91 Å². The van der Waals surface area contributed by atoms with Gasteiger partial charge >= 0.3 is 0 Å². The molecule has 1 aromatic heterocycles. The molecule has 0 saturated carbocycles. The van der Waals surface area contributed by atoms with Crippen molar-refractivity contribution in [2.24, 2.45) is 5.92 Å². The molecule has 0 spiro atoms. The number of hydrogen-bond donors (Lipinski definition) is 2. The van der Waals surface area contributed by atoms with Crippen LogP contribution in [0.3, 0.4) is 0 Å². The van der Waals surface area contributed by atoms with E-state index in [0.29, 0.717) is 43.3 Å². The number of carbonyl (C=O) groups is 1. The molecule has 4 rings (SSSR count). The molecule has 8 nitrogen and oxygen atoms in total. The molecule has 9 heteroatoms. The number of amides is 1. The van der Waals surface area contributed by atoms with Crippen LogP contribution in [0, 0.1) is 5.92 Å². The van der Waals surface area contributed by atoms with Crippen molar-refractivity contribution >= 4 is 21.6 Å². The zero-order valence-electron chi connectivity index (χ0n) is 18.2. The highest BCUT2D eigenvalue weighted by atomic mass is 32.2. The Balaban J connectivity index is 1.51. The van der Waals surface area contributed by atoms with Gasteiger partial charge in [-0.3, -0.25) is 4.79 Å². The van der Waals surface area contributed by atoms with Gasteiger partial charge in [0, 0.05) is 56.4 Å². The first-order chi connectivity index (χ1) is 15.5. The summed E-state index contributed by atoms with van der Waals surface area (Å²) in [6.45, 7) is 2.83. The number of rotatable bonds is 9. The van der Waals surface area contributed by atoms with Crippen molar-refractivity contribution in [3.63, 3.8) is 0 Å². The summed E-state index contributed by atoms with van der Waals surface area (Å²) >= 11 is 0. The van der Waals surface area contributed by atoms with Gasteiger partial charge in [0.15, 0.2) is 0 Å². The van der Waals surface area contributed by atoms with Gasteiger partial charge in [0.1, 0.15) is 0 Å². The molecule has 1 amide bonds. The van der Waals surface area contributed by atoms with Crippen molar-refractivity contribution in [1.29, 1.82) is 0 Å². The first kappa shape index (κ1) is 22.5. The topological polar surface area (TPSA) is 96.3 Å². The molecule has 0 radical (unpaired) electrons. The maximum Gasteiger partial charge on any atom is 0.251 e. The quantitative estimate of drug-likeness (QED) is 0.565. The molecule has 1 aromatic carbocycles. The van der Waals surface area contributed by atoms with E-state index in [1.54, 1.807) is 24.7 Å². The van der Waals surface area contributed by atoms with Crippen molar-refractivity contribution < 1.29 is 13.2 Å². The summed E-state index contributed by atoms with van der Waals surface area (Å²) in [6, 6.07) is 4.90. The SMILES string of the molecule is O=C(NCCn1ccnc1)c1cc(NC[C@@H]2CC=CCC2)cc(S(=O)(=O)N2CCCC2)c1. The first-order valence-electron chi connectivity index (χ1n) is 11.3. The minimum atomic E-state index is -3.63. The normalized spacial score (nSPS) is 19.2. The van der Waals surface area contributed by atoms with Crippen LogP contribution in [0.4, 0.5) is 5.69 Å². The monoisotopic (exact) mass is 457 g/mol. The number of aromatic nitrogens is 2. The molecule has 1 saturated heterocycles. The minimum Gasteiger partial charge on any atom is -0.385 e. The standard InChI is InChI=1S/C23H31N5O3S/c29-23(25-9-13-27-12-8-24-18-27)20-14-21(26-17-19-6-2-1-3-7-19)16-22(15-20)32(30,31)28-10-4-5-11-28/h1-2,8,12,14-16,18-19,26H,3-7,9-11,13,17H2,(H,25,29)/t19-/m1/s1. The van der Waals surface area contributed by atoms with Gasteiger partial charge in [-0.25, -0.2) is 13.4 Å². The molecule has 2 N–H and O–H groups in total. The van der Waals surface area contributed by atoms with Crippen molar-refractivity contribution in [3.8, 4) is 0 Å². The molecule has 32 heavy (non-hydrogen) atoms. The molecule has 1 aliphatic carbocycles. The number of anilines is 1. The smallest absolute Gasteiger partial charge is 0.251 e. The number of nitrogens with one attached hydrogen (secondary N) is 2. The van der Waals surface area contributed by atoms with Crippen molar-refractivity contribution in [3.05, 3.63) is 54.6 Å². The lowest BCUT2D eigenvalue weighted by Gasteiger charge is -2.21. The number of benzene rings is 1. The zero-order valence-corrected chi connectivity index (χ0v) is 19.1. The number of hydrogen-bond acceptors (Lipinski definition) is 5. The summed E-state index contributed by atoms with van der Waals surface area (Å²) in [5.41, 5.74) is 1.02. The van der Waals surface area contributed by atoms with Crippen LogP contribution in [-0.4, -0.2) is 54.4 Å². The van der Waals surface area contributed by atoms with Crippen LogP contribution < -0.4 is 10.6 Å². The molecule has 2 aliphatic rings. The summed E-state index contributed by atoms with van der Waals surface area (Å²) in [7, 11) is -3.63. The Labute approximate surface area is 189 Å². The molecular weight excluding hydrogens is 426 g/mol. The second kappa shape index (κ2) is 10.3. The van der Waals surface area contributed by atoms with Crippen LogP contribution in [-0.2, 0) is 16.6 Å². The highest BCUT2D eigenvalue weighted by molar-refractivity contribution is 7.89. The van der Waals surface area contributed by atoms with Crippen molar-refractivity contribution in [2.75, 3.05) is 31.5 Å². The van der Waals surface area contributed by atoms with E-state index in [1.165, 1.54) is 10.4 Å². The van der Waals surface area contributed by atoms with Gasteiger partial charge in [-0.1, -0.05) is 12.2 Å². The number of sulfonamides is 1. The lowest BCUT2D eigenvalue weighted by molar-refractivity contribution is 0.0952. The molecule has 2 heterocycles. The predicted octanol–water partition coefficient (Wildman–Crippen LogP) is 2.87. The van der Waals surface area contributed by atoms with E-state index < -0.39 is 10.0 Å². The molecule has 1 fully saturated rings. The Kier molecular flexibility index (Phi) is 7.26. The Bertz CT molecular complexity index is 1040. The zero-order chi connectivity index (χ0) is 22.4. The number of allylic oxidation sites excluding steroid dienone is 2. The van der Waals surface area contributed by atoms with Gasteiger partial charge in [-0.15, -0.1) is 0 Å². The third-order valence-electron chi connectivity index (χ3n) is 6.06. The summed E-state index contributed by atoms with van der Waals surface area (Å²) in [6.07, 6.45) is 14.5. The van der Waals surface area contributed by atoms with Gasteiger partial charge in [0.05, 0.1) is 11.2 Å². The van der Waals surface area contributed by atoms with E-state index in [4.69, 9.17) is 0 Å². The van der Waals surface area contributed by atoms with E-state index in [-0.39, 0.29) is 10.8 Å². The lowest BCUT2D eigenvalue weighted by atomic mass is 9.94. The Morgan fingerprint density at radius 3 is 2.72 bits per heavy atom. The number of nitrogens with zero attached hydrogens (tertiary/aromatic N) is 3. The maximum atomic E-state index is 13.2. The highest BCUT2D eigenvalue weighted by Gasteiger charge is 2.28. The van der Waals surface area contributed by atoms with E-state index in [0.717, 1.165) is 38.6 Å². The van der Waals surface area contributed by atoms with Gasteiger partial charge in [-0.2, -0.15) is 4.31 Å². The second-order valence-electron chi connectivity index (χ2n) is 8.45. The van der Waals surface area contributed by atoms with Gasteiger partial charge in [0.2, 0.25) is 10.0 Å². The summed E-state index contributed by atoms with van der Waals surface area (Å²) in [5.74, 6) is 0.221. The highest BCUT2D eigenvalue weighted by Crippen LogP contribution is 2.26. The number of imidazole rings is 1. The summed E-state index contributed by atoms with van der Waals surface area (Å²) in [5, 5.41) is 6.27. The summed E-state index contributed by atoms with van der Waals surface area (Å²) < 4.78 is 29.8. The minimum absolute atomic E-state index is 0.174. The van der Waals surface area contributed by atoms with Crippen LogP contribution in [0.15, 0.2) is 54.0 Å². The van der Waals surface area contributed by atoms with Crippen LogP contribution in [0.5, 0.6) is 0 Å². The molecule has 0 bridgehead atoms. The maximum absolute atomic E-state index is 13.2. The van der Waals surface area contributed by atoms with Gasteiger partial charge in [-0.05, 0) is 56.2 Å². The largest absolute Gasteiger partial charge is 0.385 e. The van der Waals surface area contributed by atoms with Crippen molar-refractivity contribution in [2.45, 2.75) is 43.5 Å². The molecule has 1 atom stereocenters. The molecular formula is C23H31N5O3S. The van der Waals surface area contributed by atoms with Crippen LogP contribution in [0.1, 0.15) is 42.5 Å². The average Bonchev–Trinajstić information content (AvgIpc) is 3.53. The van der Waals surface area contributed by atoms with Crippen LogP contribution >= 0.6 is 0 Å². The van der Waals surface area contributed by atoms with E-state index >= 15 is 0 Å². The third-order valence-corrected chi connectivity index (χ3v) is 7.94. The predicted molar refractivity (Wildman–Crippen MR) is 124 cm³/mol. The lowest BCUT2D eigenvalue weighted by Crippen LogP contribution is -2.29. The molecule has 0 unspecified atom stereocenters.